The van der Waals surface area contributed by atoms with Crippen molar-refractivity contribution in [2.45, 2.75) is 19.4 Å². The summed E-state index contributed by atoms with van der Waals surface area (Å²) in [5.41, 5.74) is 3.28. The predicted octanol–water partition coefficient (Wildman–Crippen LogP) is 2.76. The van der Waals surface area contributed by atoms with Crippen LogP contribution in [0.25, 0.3) is 0 Å². The van der Waals surface area contributed by atoms with Crippen LogP contribution in [-0.2, 0) is 6.42 Å². The van der Waals surface area contributed by atoms with E-state index in [4.69, 9.17) is 4.74 Å². The van der Waals surface area contributed by atoms with Crippen molar-refractivity contribution in [2.75, 3.05) is 31.6 Å². The SMILES string of the molecule is CCNC(=NCC(O)c1ccccc1OC)N1CCc2ccccc21. The molecule has 132 valence electrons. The van der Waals surface area contributed by atoms with Crippen LogP contribution in [0.5, 0.6) is 5.75 Å². The van der Waals surface area contributed by atoms with E-state index in [0.717, 1.165) is 31.0 Å². The highest BCUT2D eigenvalue weighted by atomic mass is 16.5. The Morgan fingerprint density at radius 2 is 2.00 bits per heavy atom. The molecule has 0 bridgehead atoms. The summed E-state index contributed by atoms with van der Waals surface area (Å²) in [7, 11) is 1.61. The minimum absolute atomic E-state index is 0.279. The van der Waals surface area contributed by atoms with Gasteiger partial charge in [-0.2, -0.15) is 0 Å². The maximum Gasteiger partial charge on any atom is 0.198 e. The van der Waals surface area contributed by atoms with Gasteiger partial charge in [0, 0.05) is 24.3 Å². The predicted molar refractivity (Wildman–Crippen MR) is 101 cm³/mol. The molecule has 3 rings (SSSR count). The van der Waals surface area contributed by atoms with E-state index in [9.17, 15) is 5.11 Å². The highest BCUT2D eigenvalue weighted by Crippen LogP contribution is 2.28. The first-order valence-electron chi connectivity index (χ1n) is 8.69. The second kappa shape index (κ2) is 8.03. The highest BCUT2D eigenvalue weighted by Gasteiger charge is 2.23. The van der Waals surface area contributed by atoms with E-state index in [2.05, 4.69) is 33.4 Å². The number of aliphatic imine (C=N–C) groups is 1. The van der Waals surface area contributed by atoms with Crippen molar-refractivity contribution in [3.05, 3.63) is 59.7 Å². The highest BCUT2D eigenvalue weighted by molar-refractivity contribution is 5.98. The van der Waals surface area contributed by atoms with Gasteiger partial charge in [0.25, 0.3) is 0 Å². The molecule has 1 aliphatic rings. The van der Waals surface area contributed by atoms with Crippen molar-refractivity contribution in [1.29, 1.82) is 0 Å². The fraction of sp³-hybridized carbons (Fsp3) is 0.350. The molecule has 0 fully saturated rings. The van der Waals surface area contributed by atoms with E-state index < -0.39 is 6.10 Å². The number of nitrogens with one attached hydrogen (secondary N) is 1. The van der Waals surface area contributed by atoms with Crippen LogP contribution in [0.3, 0.4) is 0 Å². The second-order valence-electron chi connectivity index (χ2n) is 5.98. The van der Waals surface area contributed by atoms with Gasteiger partial charge in [0.2, 0.25) is 0 Å². The molecular weight excluding hydrogens is 314 g/mol. The Kier molecular flexibility index (Phi) is 5.56. The van der Waals surface area contributed by atoms with Gasteiger partial charge < -0.3 is 20.1 Å². The van der Waals surface area contributed by atoms with Gasteiger partial charge in [0.15, 0.2) is 5.96 Å². The van der Waals surface area contributed by atoms with Crippen LogP contribution in [0.2, 0.25) is 0 Å². The first-order chi connectivity index (χ1) is 12.2. The Bertz CT molecular complexity index is 745. The monoisotopic (exact) mass is 339 g/mol. The number of rotatable bonds is 5. The van der Waals surface area contributed by atoms with Crippen LogP contribution in [-0.4, -0.2) is 37.8 Å². The number of hydrogen-bond donors (Lipinski definition) is 2. The number of hydrogen-bond acceptors (Lipinski definition) is 3. The van der Waals surface area contributed by atoms with Crippen LogP contribution < -0.4 is 15.0 Å². The van der Waals surface area contributed by atoms with Gasteiger partial charge >= 0.3 is 0 Å². The number of nitrogens with zero attached hydrogens (tertiary/aromatic N) is 2. The molecule has 1 unspecified atom stereocenters. The lowest BCUT2D eigenvalue weighted by atomic mass is 10.1. The maximum atomic E-state index is 10.6. The molecule has 1 heterocycles. The first-order valence-corrected chi connectivity index (χ1v) is 8.69. The molecule has 0 amide bonds. The first kappa shape index (κ1) is 17.3. The largest absolute Gasteiger partial charge is 0.496 e. The van der Waals surface area contributed by atoms with E-state index in [0.29, 0.717) is 5.75 Å². The number of anilines is 1. The number of aliphatic hydroxyl groups excluding tert-OH is 1. The number of methoxy groups -OCH3 is 1. The summed E-state index contributed by atoms with van der Waals surface area (Å²) >= 11 is 0. The lowest BCUT2D eigenvalue weighted by molar-refractivity contribution is 0.182. The van der Waals surface area contributed by atoms with Crippen molar-refractivity contribution in [3.8, 4) is 5.75 Å². The van der Waals surface area contributed by atoms with Crippen molar-refractivity contribution < 1.29 is 9.84 Å². The van der Waals surface area contributed by atoms with Crippen LogP contribution in [0, 0.1) is 0 Å². The summed E-state index contributed by atoms with van der Waals surface area (Å²) in [4.78, 5) is 6.86. The Morgan fingerprint density at radius 1 is 1.24 bits per heavy atom. The molecule has 0 saturated carbocycles. The molecule has 0 radical (unpaired) electrons. The van der Waals surface area contributed by atoms with Crippen molar-refractivity contribution in [2.24, 2.45) is 4.99 Å². The molecule has 1 atom stereocenters. The maximum absolute atomic E-state index is 10.6. The van der Waals surface area contributed by atoms with Crippen molar-refractivity contribution >= 4 is 11.6 Å². The van der Waals surface area contributed by atoms with Gasteiger partial charge in [0.1, 0.15) is 11.9 Å². The summed E-state index contributed by atoms with van der Waals surface area (Å²) in [6, 6.07) is 15.9. The smallest absolute Gasteiger partial charge is 0.198 e. The topological polar surface area (TPSA) is 57.1 Å². The molecule has 5 nitrogen and oxygen atoms in total. The number of para-hydroxylation sites is 2. The molecule has 1 aliphatic heterocycles. The van der Waals surface area contributed by atoms with Crippen LogP contribution in [0.15, 0.2) is 53.5 Å². The minimum atomic E-state index is -0.706. The Morgan fingerprint density at radius 3 is 2.80 bits per heavy atom. The number of benzene rings is 2. The molecule has 0 aromatic heterocycles. The standard InChI is InChI=1S/C20H25N3O2/c1-3-21-20(23-13-12-15-8-4-6-10-17(15)23)22-14-18(24)16-9-5-7-11-19(16)25-2/h4-11,18,24H,3,12-14H2,1-2H3,(H,21,22). The normalized spacial score (nSPS) is 15.0. The van der Waals surface area contributed by atoms with Crippen LogP contribution in [0.4, 0.5) is 5.69 Å². The fourth-order valence-electron chi connectivity index (χ4n) is 3.17. The Balaban J connectivity index is 1.79. The van der Waals surface area contributed by atoms with Gasteiger partial charge in [-0.05, 0) is 31.0 Å². The van der Waals surface area contributed by atoms with Gasteiger partial charge in [-0.25, -0.2) is 4.99 Å². The number of ether oxygens (including phenoxy) is 1. The summed E-state index contributed by atoms with van der Waals surface area (Å²) < 4.78 is 5.33. The zero-order valence-electron chi connectivity index (χ0n) is 14.8. The van der Waals surface area contributed by atoms with Crippen molar-refractivity contribution in [1.82, 2.24) is 5.32 Å². The average molecular weight is 339 g/mol. The van der Waals surface area contributed by atoms with Gasteiger partial charge in [-0.15, -0.1) is 0 Å². The molecule has 2 aromatic rings. The molecule has 0 saturated heterocycles. The Labute approximate surface area is 149 Å². The minimum Gasteiger partial charge on any atom is -0.496 e. The van der Waals surface area contributed by atoms with Crippen molar-refractivity contribution in [3.63, 3.8) is 0 Å². The van der Waals surface area contributed by atoms with E-state index in [1.807, 2.05) is 37.3 Å². The molecular formula is C20H25N3O2. The zero-order valence-corrected chi connectivity index (χ0v) is 14.8. The summed E-state index contributed by atoms with van der Waals surface area (Å²) in [5, 5.41) is 13.9. The zero-order chi connectivity index (χ0) is 17.6. The average Bonchev–Trinajstić information content (AvgIpc) is 3.09. The van der Waals surface area contributed by atoms with Gasteiger partial charge in [-0.3, -0.25) is 0 Å². The van der Waals surface area contributed by atoms with E-state index in [-0.39, 0.29) is 6.54 Å². The van der Waals surface area contributed by atoms with Crippen LogP contribution in [0.1, 0.15) is 24.2 Å². The molecule has 2 N–H and O–H groups in total. The summed E-state index contributed by atoms with van der Waals surface area (Å²) in [5.74, 6) is 1.49. The number of fused-ring (bicyclic) bond motifs is 1. The number of aliphatic hydroxyl groups is 1. The lowest BCUT2D eigenvalue weighted by Crippen LogP contribution is -2.40. The van der Waals surface area contributed by atoms with Crippen LogP contribution >= 0.6 is 0 Å². The quantitative estimate of drug-likeness (QED) is 0.650. The van der Waals surface area contributed by atoms with E-state index in [1.165, 1.54) is 11.3 Å². The second-order valence-corrected chi connectivity index (χ2v) is 5.98. The Hall–Kier alpha value is -2.53. The van der Waals surface area contributed by atoms with Gasteiger partial charge in [-0.1, -0.05) is 36.4 Å². The molecule has 25 heavy (non-hydrogen) atoms. The van der Waals surface area contributed by atoms with E-state index >= 15 is 0 Å². The third kappa shape index (κ3) is 3.77. The fourth-order valence-corrected chi connectivity index (χ4v) is 3.17. The van der Waals surface area contributed by atoms with Gasteiger partial charge in [0.05, 0.1) is 13.7 Å². The lowest BCUT2D eigenvalue weighted by Gasteiger charge is -2.23. The molecule has 0 spiro atoms. The molecule has 5 heteroatoms. The third-order valence-corrected chi connectivity index (χ3v) is 4.39. The van der Waals surface area contributed by atoms with E-state index in [1.54, 1.807) is 7.11 Å². The molecule has 2 aromatic carbocycles. The summed E-state index contributed by atoms with van der Waals surface area (Å²) in [6.07, 6.45) is 0.304. The molecule has 0 aliphatic carbocycles. The third-order valence-electron chi connectivity index (χ3n) is 4.39. The number of guanidine groups is 1. The summed E-state index contributed by atoms with van der Waals surface area (Å²) in [6.45, 7) is 4.01.